The van der Waals surface area contributed by atoms with Crippen molar-refractivity contribution in [3.05, 3.63) is 54.0 Å². The summed E-state index contributed by atoms with van der Waals surface area (Å²) in [5.74, 6) is 1.13. The van der Waals surface area contributed by atoms with Gasteiger partial charge in [0.25, 0.3) is 0 Å². The van der Waals surface area contributed by atoms with Gasteiger partial charge in [-0.3, -0.25) is 4.79 Å². The van der Waals surface area contributed by atoms with Crippen molar-refractivity contribution in [2.24, 2.45) is 5.41 Å². The largest absolute Gasteiger partial charge is 0.354 e. The van der Waals surface area contributed by atoms with Crippen LogP contribution >= 0.6 is 0 Å². The first kappa shape index (κ1) is 18.6. The normalized spacial score (nSPS) is 17.7. The number of carbonyl (C=O) groups is 1. The fourth-order valence-electron chi connectivity index (χ4n) is 4.41. The topological polar surface area (TPSA) is 88.9 Å². The molecule has 1 aliphatic carbocycles. The first-order valence-electron chi connectivity index (χ1n) is 10.4. The van der Waals surface area contributed by atoms with Crippen molar-refractivity contribution in [3.63, 3.8) is 0 Å². The molecule has 0 radical (unpaired) electrons. The zero-order valence-electron chi connectivity index (χ0n) is 16.8. The molecule has 1 saturated carbocycles. The molecule has 3 heterocycles. The molecule has 7 nitrogen and oxygen atoms in total. The van der Waals surface area contributed by atoms with Crippen molar-refractivity contribution >= 4 is 22.8 Å². The van der Waals surface area contributed by atoms with Crippen LogP contribution in [0.25, 0.3) is 11.0 Å². The Balaban J connectivity index is 1.31. The number of hydrogen-bond donors (Lipinski definition) is 1. The quantitative estimate of drug-likeness (QED) is 0.727. The molecule has 5 rings (SSSR count). The number of rotatable bonds is 4. The lowest BCUT2D eigenvalue weighted by Gasteiger charge is -2.25. The van der Waals surface area contributed by atoms with Crippen molar-refractivity contribution in [2.75, 3.05) is 31.1 Å². The highest BCUT2D eigenvalue weighted by molar-refractivity contribution is 5.87. The van der Waals surface area contributed by atoms with Gasteiger partial charge in [-0.15, -0.1) is 0 Å². The molecule has 1 amide bonds. The zero-order valence-corrected chi connectivity index (χ0v) is 16.8. The monoisotopic (exact) mass is 400 g/mol. The average Bonchev–Trinajstić information content (AvgIpc) is 3.40. The molecule has 7 heteroatoms. The van der Waals surface area contributed by atoms with Crippen molar-refractivity contribution in [2.45, 2.75) is 25.7 Å². The van der Waals surface area contributed by atoms with Gasteiger partial charge in [-0.25, -0.2) is 9.97 Å². The van der Waals surface area contributed by atoms with Gasteiger partial charge in [-0.1, -0.05) is 24.3 Å². The van der Waals surface area contributed by atoms with Crippen LogP contribution in [-0.2, 0) is 17.6 Å². The first-order chi connectivity index (χ1) is 14.7. The maximum atomic E-state index is 13.1. The number of aromatic nitrogens is 3. The molecular formula is C23H24N6O. The molecule has 30 heavy (non-hydrogen) atoms. The Bertz CT molecular complexity index is 1110. The zero-order chi connectivity index (χ0) is 20.6. The standard InChI is InChI=1S/C23H24N6O/c24-9-5-17-1-3-18(4-2-17)13-20(30)28-11-12-29(15-23(14-28)7-8-23)22-19-6-10-25-21(19)26-16-27-22/h1-4,6,10,16H,5,7-8,11-15H2,(H,25,26,27). The number of amides is 1. The molecule has 152 valence electrons. The highest BCUT2D eigenvalue weighted by atomic mass is 16.2. The van der Waals surface area contributed by atoms with Gasteiger partial charge in [0.1, 0.15) is 17.8 Å². The molecule has 1 spiro atoms. The number of carbonyl (C=O) groups excluding carboxylic acids is 1. The summed E-state index contributed by atoms with van der Waals surface area (Å²) in [7, 11) is 0. The summed E-state index contributed by atoms with van der Waals surface area (Å²) in [6.45, 7) is 3.21. The summed E-state index contributed by atoms with van der Waals surface area (Å²) in [5, 5.41) is 9.84. The SMILES string of the molecule is N#CCc1ccc(CC(=O)N2CCN(c3ncnc4[nH]ccc34)CC3(CC3)C2)cc1. The highest BCUT2D eigenvalue weighted by Gasteiger charge is 2.47. The van der Waals surface area contributed by atoms with Gasteiger partial charge in [-0.2, -0.15) is 5.26 Å². The lowest BCUT2D eigenvalue weighted by Crippen LogP contribution is -2.37. The number of nitriles is 1. The van der Waals surface area contributed by atoms with E-state index in [-0.39, 0.29) is 11.3 Å². The molecule has 2 aromatic heterocycles. The van der Waals surface area contributed by atoms with Crippen molar-refractivity contribution in [3.8, 4) is 6.07 Å². The van der Waals surface area contributed by atoms with Crippen LogP contribution in [0.15, 0.2) is 42.9 Å². The van der Waals surface area contributed by atoms with Crippen molar-refractivity contribution < 1.29 is 4.79 Å². The van der Waals surface area contributed by atoms with Gasteiger partial charge in [0, 0.05) is 37.8 Å². The minimum Gasteiger partial charge on any atom is -0.354 e. The summed E-state index contributed by atoms with van der Waals surface area (Å²) < 4.78 is 0. The summed E-state index contributed by atoms with van der Waals surface area (Å²) in [4.78, 5) is 29.5. The molecule has 3 aromatic rings. The molecule has 0 bridgehead atoms. The van der Waals surface area contributed by atoms with E-state index in [1.165, 1.54) is 0 Å². The fraction of sp³-hybridized carbons (Fsp3) is 0.391. The van der Waals surface area contributed by atoms with Crippen LogP contribution < -0.4 is 4.90 Å². The number of nitrogens with one attached hydrogen (secondary N) is 1. The van der Waals surface area contributed by atoms with E-state index < -0.39 is 0 Å². The Kier molecular flexibility index (Phi) is 4.62. The number of benzene rings is 1. The molecular weight excluding hydrogens is 376 g/mol. The van der Waals surface area contributed by atoms with Crippen molar-refractivity contribution in [1.82, 2.24) is 19.9 Å². The Morgan fingerprint density at radius 1 is 1.10 bits per heavy atom. The van der Waals surface area contributed by atoms with Gasteiger partial charge < -0.3 is 14.8 Å². The average molecular weight is 400 g/mol. The Morgan fingerprint density at radius 3 is 2.67 bits per heavy atom. The number of aromatic amines is 1. The van der Waals surface area contributed by atoms with Crippen LogP contribution in [0.2, 0.25) is 0 Å². The second-order valence-corrected chi connectivity index (χ2v) is 8.50. The smallest absolute Gasteiger partial charge is 0.227 e. The molecule has 1 aliphatic heterocycles. The molecule has 2 fully saturated rings. The number of hydrogen-bond acceptors (Lipinski definition) is 5. The van der Waals surface area contributed by atoms with E-state index >= 15 is 0 Å². The molecule has 2 aliphatic rings. The van der Waals surface area contributed by atoms with Gasteiger partial charge in [0.2, 0.25) is 5.91 Å². The van der Waals surface area contributed by atoms with E-state index in [1.54, 1.807) is 6.33 Å². The van der Waals surface area contributed by atoms with Gasteiger partial charge in [0.15, 0.2) is 0 Å². The van der Waals surface area contributed by atoms with E-state index in [1.807, 2.05) is 41.4 Å². The third-order valence-electron chi connectivity index (χ3n) is 6.30. The van der Waals surface area contributed by atoms with Gasteiger partial charge in [-0.05, 0) is 30.0 Å². The Morgan fingerprint density at radius 2 is 1.90 bits per heavy atom. The van der Waals surface area contributed by atoms with Crippen LogP contribution in [0.4, 0.5) is 5.82 Å². The van der Waals surface area contributed by atoms with Gasteiger partial charge >= 0.3 is 0 Å². The summed E-state index contributed by atoms with van der Waals surface area (Å²) in [5.41, 5.74) is 3.01. The number of nitrogens with zero attached hydrogens (tertiary/aromatic N) is 5. The van der Waals surface area contributed by atoms with Crippen LogP contribution in [0.5, 0.6) is 0 Å². The predicted molar refractivity (Wildman–Crippen MR) is 114 cm³/mol. The van der Waals surface area contributed by atoms with E-state index in [0.717, 1.165) is 60.5 Å². The van der Waals surface area contributed by atoms with Crippen LogP contribution in [0, 0.1) is 16.7 Å². The van der Waals surface area contributed by atoms with Gasteiger partial charge in [0.05, 0.1) is 24.3 Å². The fourth-order valence-corrected chi connectivity index (χ4v) is 4.41. The Hall–Kier alpha value is -3.40. The molecule has 0 unspecified atom stereocenters. The second-order valence-electron chi connectivity index (χ2n) is 8.50. The van der Waals surface area contributed by atoms with E-state index in [4.69, 9.17) is 5.26 Å². The van der Waals surface area contributed by atoms with E-state index in [0.29, 0.717) is 19.4 Å². The molecule has 1 N–H and O–H groups in total. The third-order valence-corrected chi connectivity index (χ3v) is 6.30. The van der Waals surface area contributed by atoms with E-state index in [9.17, 15) is 4.79 Å². The molecule has 1 saturated heterocycles. The van der Waals surface area contributed by atoms with Crippen molar-refractivity contribution in [1.29, 1.82) is 5.26 Å². The number of H-pyrrole nitrogens is 1. The minimum absolute atomic E-state index is 0.172. The summed E-state index contributed by atoms with van der Waals surface area (Å²) in [6, 6.07) is 12.0. The van der Waals surface area contributed by atoms with Crippen LogP contribution in [-0.4, -0.2) is 51.9 Å². The minimum atomic E-state index is 0.172. The molecule has 1 aromatic carbocycles. The Labute approximate surface area is 175 Å². The predicted octanol–water partition coefficient (Wildman–Crippen LogP) is 2.70. The maximum Gasteiger partial charge on any atom is 0.227 e. The van der Waals surface area contributed by atoms with Crippen LogP contribution in [0.1, 0.15) is 24.0 Å². The summed E-state index contributed by atoms with van der Waals surface area (Å²) >= 11 is 0. The van der Waals surface area contributed by atoms with E-state index in [2.05, 4.69) is 25.9 Å². The van der Waals surface area contributed by atoms with Crippen LogP contribution in [0.3, 0.4) is 0 Å². The lowest BCUT2D eigenvalue weighted by atomic mass is 10.0. The maximum absolute atomic E-state index is 13.1. The molecule has 0 atom stereocenters. The highest BCUT2D eigenvalue weighted by Crippen LogP contribution is 2.48. The number of fused-ring (bicyclic) bond motifs is 1. The third kappa shape index (κ3) is 3.61. The second kappa shape index (κ2) is 7.45. The summed E-state index contributed by atoms with van der Waals surface area (Å²) in [6.07, 6.45) is 6.60. The lowest BCUT2D eigenvalue weighted by molar-refractivity contribution is -0.130. The number of anilines is 1. The first-order valence-corrected chi connectivity index (χ1v) is 10.4.